The lowest BCUT2D eigenvalue weighted by molar-refractivity contribution is -0.219. The second-order valence-electron chi connectivity index (χ2n) is 10.4. The number of nitrogens with zero attached hydrogens (tertiary/aromatic N) is 3. The zero-order chi connectivity index (χ0) is 27.7. The van der Waals surface area contributed by atoms with Gasteiger partial charge in [0.05, 0.1) is 6.42 Å². The molecule has 0 aromatic heterocycles. The molecule has 2 fully saturated rings. The zero-order valence-corrected chi connectivity index (χ0v) is 21.9. The Labute approximate surface area is 225 Å². The van der Waals surface area contributed by atoms with Crippen molar-refractivity contribution < 1.29 is 33.5 Å². The summed E-state index contributed by atoms with van der Waals surface area (Å²) in [5.41, 5.74) is 0.708. The highest BCUT2D eigenvalue weighted by atomic mass is 16.8. The SMILES string of the molecule is CC(C)(C)OC(=O)N1C2C=CC(C3C(NC(=O)Cc4ccccc4)C(=O)N31)N(C(=O)OCc1ccccc1)O2. The number of hydrazine groups is 1. The molecule has 0 aliphatic carbocycles. The van der Waals surface area contributed by atoms with Gasteiger partial charge in [-0.3, -0.25) is 9.59 Å². The van der Waals surface area contributed by atoms with Crippen LogP contribution in [0.2, 0.25) is 0 Å². The normalized spacial score (nSPS) is 23.5. The Balaban J connectivity index is 1.39. The fourth-order valence-corrected chi connectivity index (χ4v) is 4.70. The summed E-state index contributed by atoms with van der Waals surface area (Å²) >= 11 is 0. The van der Waals surface area contributed by atoms with Crippen LogP contribution in [0, 0.1) is 0 Å². The first-order valence-corrected chi connectivity index (χ1v) is 12.7. The van der Waals surface area contributed by atoms with Crippen molar-refractivity contribution in [1.82, 2.24) is 20.4 Å². The third-order valence-electron chi connectivity index (χ3n) is 6.39. The molecule has 0 radical (unpaired) electrons. The van der Waals surface area contributed by atoms with E-state index in [0.717, 1.165) is 21.2 Å². The average molecular weight is 535 g/mol. The van der Waals surface area contributed by atoms with E-state index in [2.05, 4.69) is 5.32 Å². The van der Waals surface area contributed by atoms with E-state index < -0.39 is 48.0 Å². The summed E-state index contributed by atoms with van der Waals surface area (Å²) in [4.78, 5) is 58.5. The molecule has 2 aromatic carbocycles. The molecule has 4 amide bonds. The number of β-lactam (4-membered cyclic amide) rings is 1. The summed E-state index contributed by atoms with van der Waals surface area (Å²) in [6.45, 7) is 5.10. The molecule has 4 aliphatic heterocycles. The van der Waals surface area contributed by atoms with Crippen LogP contribution in [-0.4, -0.2) is 69.0 Å². The molecule has 2 aromatic rings. The maximum absolute atomic E-state index is 13.4. The molecule has 0 saturated carbocycles. The van der Waals surface area contributed by atoms with Crippen LogP contribution in [0.4, 0.5) is 9.59 Å². The zero-order valence-electron chi connectivity index (χ0n) is 21.9. The predicted octanol–water partition coefficient (Wildman–Crippen LogP) is 2.93. The highest BCUT2D eigenvalue weighted by molar-refractivity contribution is 5.95. The van der Waals surface area contributed by atoms with E-state index >= 15 is 0 Å². The van der Waals surface area contributed by atoms with Crippen molar-refractivity contribution in [3.05, 3.63) is 83.9 Å². The van der Waals surface area contributed by atoms with E-state index in [-0.39, 0.29) is 18.9 Å². The molecule has 4 aliphatic rings. The van der Waals surface area contributed by atoms with Crippen LogP contribution >= 0.6 is 0 Å². The molecule has 6 rings (SSSR count). The molecule has 4 atom stereocenters. The second kappa shape index (κ2) is 10.4. The van der Waals surface area contributed by atoms with Gasteiger partial charge < -0.3 is 14.8 Å². The van der Waals surface area contributed by atoms with Crippen molar-refractivity contribution in [1.29, 1.82) is 0 Å². The fourth-order valence-electron chi connectivity index (χ4n) is 4.70. The number of rotatable bonds is 5. The van der Waals surface area contributed by atoms with Crippen molar-refractivity contribution >= 4 is 24.0 Å². The van der Waals surface area contributed by atoms with Crippen LogP contribution in [0.15, 0.2) is 72.8 Å². The van der Waals surface area contributed by atoms with Crippen LogP contribution in [0.25, 0.3) is 0 Å². The van der Waals surface area contributed by atoms with Gasteiger partial charge in [0.15, 0.2) is 0 Å². The summed E-state index contributed by atoms with van der Waals surface area (Å²) < 4.78 is 11.0. The molecule has 4 unspecified atom stereocenters. The van der Waals surface area contributed by atoms with Gasteiger partial charge in [0.25, 0.3) is 5.91 Å². The van der Waals surface area contributed by atoms with Crippen molar-refractivity contribution in [2.24, 2.45) is 0 Å². The van der Waals surface area contributed by atoms with Crippen molar-refractivity contribution in [3.8, 4) is 0 Å². The maximum Gasteiger partial charge on any atom is 0.435 e. The Hall–Kier alpha value is -4.38. The lowest BCUT2D eigenvalue weighted by atomic mass is 9.89. The number of nitrogens with one attached hydrogen (secondary N) is 1. The Morgan fingerprint density at radius 2 is 1.56 bits per heavy atom. The van der Waals surface area contributed by atoms with Crippen LogP contribution in [0.3, 0.4) is 0 Å². The van der Waals surface area contributed by atoms with Gasteiger partial charge >= 0.3 is 12.2 Å². The van der Waals surface area contributed by atoms with Gasteiger partial charge in [-0.2, -0.15) is 10.1 Å². The van der Waals surface area contributed by atoms with Crippen molar-refractivity contribution in [2.75, 3.05) is 0 Å². The lowest BCUT2D eigenvalue weighted by Crippen LogP contribution is -2.78. The minimum absolute atomic E-state index is 0.000958. The Morgan fingerprint density at radius 3 is 2.21 bits per heavy atom. The average Bonchev–Trinajstić information content (AvgIpc) is 3.13. The fraction of sp³-hybridized carbons (Fsp3) is 0.357. The monoisotopic (exact) mass is 534 g/mol. The largest absolute Gasteiger partial charge is 0.443 e. The summed E-state index contributed by atoms with van der Waals surface area (Å²) in [6.07, 6.45) is 0.542. The van der Waals surface area contributed by atoms with Gasteiger partial charge in [-0.15, -0.1) is 0 Å². The molecular formula is C28H30N4O7. The lowest BCUT2D eigenvalue weighted by Gasteiger charge is -2.50. The van der Waals surface area contributed by atoms with E-state index in [4.69, 9.17) is 14.3 Å². The standard InChI is InChI=1S/C28H30N4O7/c1-28(2,3)38-26(35)30-22-15-14-20(32(39-22)27(36)37-17-19-12-8-5-9-13-19)24-23(25(34)31(24)30)29-21(33)16-18-10-6-4-7-11-18/h4-15,20,22-24H,16-17H2,1-3H3,(H,29,33). The van der Waals surface area contributed by atoms with E-state index in [1.54, 1.807) is 32.9 Å². The maximum atomic E-state index is 13.4. The minimum Gasteiger partial charge on any atom is -0.443 e. The van der Waals surface area contributed by atoms with Crippen LogP contribution in [0.5, 0.6) is 0 Å². The second-order valence-corrected chi connectivity index (χ2v) is 10.4. The van der Waals surface area contributed by atoms with E-state index in [1.165, 1.54) is 5.01 Å². The Bertz CT molecular complexity index is 1280. The van der Waals surface area contributed by atoms with Crippen LogP contribution in [0.1, 0.15) is 31.9 Å². The number of carbonyl (C=O) groups is 4. The van der Waals surface area contributed by atoms with Gasteiger partial charge in [0, 0.05) is 0 Å². The summed E-state index contributed by atoms with van der Waals surface area (Å²) in [6, 6.07) is 15.6. The number of carbonyl (C=O) groups excluding carboxylic acids is 4. The number of amides is 4. The van der Waals surface area contributed by atoms with Crippen molar-refractivity contribution in [3.63, 3.8) is 0 Å². The van der Waals surface area contributed by atoms with Crippen molar-refractivity contribution in [2.45, 2.75) is 63.8 Å². The van der Waals surface area contributed by atoms with Gasteiger partial charge in [0.2, 0.25) is 12.1 Å². The van der Waals surface area contributed by atoms with E-state index in [9.17, 15) is 19.2 Å². The first-order valence-electron chi connectivity index (χ1n) is 12.7. The van der Waals surface area contributed by atoms with Gasteiger partial charge in [-0.05, 0) is 38.0 Å². The topological polar surface area (TPSA) is 118 Å². The summed E-state index contributed by atoms with van der Waals surface area (Å²) in [5.74, 6) is -0.890. The van der Waals surface area contributed by atoms with Gasteiger partial charge in [0.1, 0.15) is 30.3 Å². The molecule has 204 valence electrons. The predicted molar refractivity (Wildman–Crippen MR) is 137 cm³/mol. The molecule has 1 N–H and O–H groups in total. The minimum atomic E-state index is -1.14. The third kappa shape index (κ3) is 5.44. The van der Waals surface area contributed by atoms with Gasteiger partial charge in [-0.25, -0.2) is 19.4 Å². The van der Waals surface area contributed by atoms with E-state index in [1.807, 2.05) is 60.7 Å². The number of benzene rings is 2. The molecule has 4 heterocycles. The highest BCUT2D eigenvalue weighted by Gasteiger charge is 2.62. The number of ether oxygens (including phenoxy) is 2. The first kappa shape index (κ1) is 26.2. The molecule has 2 saturated heterocycles. The quantitative estimate of drug-likeness (QED) is 0.463. The summed E-state index contributed by atoms with van der Waals surface area (Å²) in [5, 5.41) is 6.02. The number of hydrogen-bond donors (Lipinski definition) is 1. The molecule has 0 spiro atoms. The van der Waals surface area contributed by atoms with Crippen LogP contribution < -0.4 is 5.32 Å². The first-order chi connectivity index (χ1) is 18.6. The van der Waals surface area contributed by atoms with Gasteiger partial charge in [-0.1, -0.05) is 66.7 Å². The molecule has 11 heteroatoms. The Kier molecular flexibility index (Phi) is 7.00. The molecule has 39 heavy (non-hydrogen) atoms. The highest BCUT2D eigenvalue weighted by Crippen LogP contribution is 2.38. The molecular weight excluding hydrogens is 504 g/mol. The molecule has 2 bridgehead atoms. The smallest absolute Gasteiger partial charge is 0.435 e. The number of hydroxylamine groups is 2. The van der Waals surface area contributed by atoms with E-state index in [0.29, 0.717) is 0 Å². The molecule has 11 nitrogen and oxygen atoms in total. The number of hydrogen-bond acceptors (Lipinski definition) is 7. The Morgan fingerprint density at radius 1 is 0.923 bits per heavy atom. The summed E-state index contributed by atoms with van der Waals surface area (Å²) in [7, 11) is 0. The third-order valence-corrected chi connectivity index (χ3v) is 6.39. The van der Waals surface area contributed by atoms with Crippen LogP contribution in [-0.2, 0) is 36.9 Å². The number of fused-ring (bicyclic) bond motifs is 1.